The van der Waals surface area contributed by atoms with Gasteiger partial charge in [-0.05, 0) is 81.6 Å². The number of amides is 1. The molecule has 0 unspecified atom stereocenters. The number of fused-ring (bicyclic) bond motifs is 3. The number of benzene rings is 3. The largest absolute Gasteiger partial charge is 0.493 e. The van der Waals surface area contributed by atoms with Gasteiger partial charge in [-0.1, -0.05) is 12.1 Å². The molecule has 0 fully saturated rings. The van der Waals surface area contributed by atoms with Crippen molar-refractivity contribution in [3.63, 3.8) is 0 Å². The summed E-state index contributed by atoms with van der Waals surface area (Å²) in [5.41, 5.74) is 6.79. The van der Waals surface area contributed by atoms with E-state index in [0.29, 0.717) is 11.4 Å². The molecular weight excluding hydrogens is 520 g/mol. The molecular formula is C33H36N2O6. The lowest BCUT2D eigenvalue weighted by Gasteiger charge is -2.31. The first-order valence-electron chi connectivity index (χ1n) is 13.6. The minimum atomic E-state index is -0.472. The predicted molar refractivity (Wildman–Crippen MR) is 159 cm³/mol. The standard InChI is InChI=1S/C33H36N2O6/c1-19(36)34-23-11-8-20(9-12-23)24-14-21(10-13-26(24)40-18-28(37)39-7)30-29-22(16-32(2,3)35-30)15-27(38-6)31-25(29)17-33(4,5)41-31/h8-15H,16-18H2,1-7H3,(H,34,36). The van der Waals surface area contributed by atoms with E-state index in [4.69, 9.17) is 23.9 Å². The highest BCUT2D eigenvalue weighted by molar-refractivity contribution is 6.16. The molecule has 5 rings (SSSR count). The van der Waals surface area contributed by atoms with Gasteiger partial charge in [0.2, 0.25) is 5.91 Å². The Morgan fingerprint density at radius 2 is 1.66 bits per heavy atom. The molecule has 0 aliphatic carbocycles. The lowest BCUT2D eigenvalue weighted by atomic mass is 9.80. The van der Waals surface area contributed by atoms with Gasteiger partial charge in [-0.3, -0.25) is 9.79 Å². The lowest BCUT2D eigenvalue weighted by molar-refractivity contribution is -0.142. The summed E-state index contributed by atoms with van der Waals surface area (Å²) in [7, 11) is 3.01. The van der Waals surface area contributed by atoms with Crippen molar-refractivity contribution in [1.82, 2.24) is 0 Å². The molecule has 0 atom stereocenters. The van der Waals surface area contributed by atoms with Gasteiger partial charge in [-0.15, -0.1) is 0 Å². The zero-order chi connectivity index (χ0) is 29.5. The number of ether oxygens (including phenoxy) is 4. The van der Waals surface area contributed by atoms with Crippen molar-refractivity contribution < 1.29 is 28.5 Å². The van der Waals surface area contributed by atoms with E-state index in [0.717, 1.165) is 57.9 Å². The van der Waals surface area contributed by atoms with E-state index < -0.39 is 5.97 Å². The molecule has 2 aliphatic rings. The number of hydrogen-bond acceptors (Lipinski definition) is 7. The van der Waals surface area contributed by atoms with Gasteiger partial charge in [0.15, 0.2) is 18.1 Å². The molecule has 3 aromatic carbocycles. The normalized spacial score (nSPS) is 16.0. The Kier molecular flexibility index (Phi) is 7.28. The molecule has 2 aliphatic heterocycles. The van der Waals surface area contributed by atoms with Crippen LogP contribution in [0.2, 0.25) is 0 Å². The molecule has 0 radical (unpaired) electrons. The van der Waals surface area contributed by atoms with Gasteiger partial charge < -0.3 is 24.3 Å². The summed E-state index contributed by atoms with van der Waals surface area (Å²) in [6.45, 7) is 9.68. The monoisotopic (exact) mass is 556 g/mol. The number of nitrogens with zero attached hydrogens (tertiary/aromatic N) is 1. The van der Waals surface area contributed by atoms with Gasteiger partial charge in [-0.25, -0.2) is 4.79 Å². The molecule has 1 amide bonds. The summed E-state index contributed by atoms with van der Waals surface area (Å²) < 4.78 is 22.8. The molecule has 0 saturated carbocycles. The Bertz CT molecular complexity index is 1550. The van der Waals surface area contributed by atoms with Gasteiger partial charge in [0.05, 0.1) is 25.5 Å². The van der Waals surface area contributed by atoms with Crippen molar-refractivity contribution in [1.29, 1.82) is 0 Å². The van der Waals surface area contributed by atoms with E-state index in [9.17, 15) is 9.59 Å². The SMILES string of the molecule is COC(=O)COc1ccc(C2=NC(C)(C)Cc3cc(OC)c4c(c32)CC(C)(C)O4)cc1-c1ccc(NC(C)=O)cc1. The summed E-state index contributed by atoms with van der Waals surface area (Å²) in [6, 6.07) is 15.5. The van der Waals surface area contributed by atoms with Gasteiger partial charge in [0.1, 0.15) is 11.4 Å². The van der Waals surface area contributed by atoms with Crippen LogP contribution in [0.15, 0.2) is 53.5 Å². The van der Waals surface area contributed by atoms with Crippen LogP contribution >= 0.6 is 0 Å². The first-order chi connectivity index (χ1) is 19.4. The second-order valence-electron chi connectivity index (χ2n) is 11.7. The van der Waals surface area contributed by atoms with Crippen molar-refractivity contribution in [2.45, 2.75) is 58.6 Å². The van der Waals surface area contributed by atoms with Crippen molar-refractivity contribution in [2.75, 3.05) is 26.1 Å². The fraction of sp³-hybridized carbons (Fsp3) is 0.364. The second kappa shape index (κ2) is 10.6. The van der Waals surface area contributed by atoms with Gasteiger partial charge in [0.25, 0.3) is 0 Å². The number of hydrogen-bond donors (Lipinski definition) is 1. The zero-order valence-corrected chi connectivity index (χ0v) is 24.6. The molecule has 0 saturated heterocycles. The molecule has 8 nitrogen and oxygen atoms in total. The molecule has 0 bridgehead atoms. The summed E-state index contributed by atoms with van der Waals surface area (Å²) in [4.78, 5) is 28.7. The fourth-order valence-electron chi connectivity index (χ4n) is 5.59. The average molecular weight is 557 g/mol. The van der Waals surface area contributed by atoms with Crippen molar-refractivity contribution in [3.05, 3.63) is 70.8 Å². The van der Waals surface area contributed by atoms with Crippen LogP contribution in [-0.2, 0) is 27.2 Å². The van der Waals surface area contributed by atoms with Crippen molar-refractivity contribution >= 4 is 23.3 Å². The average Bonchev–Trinajstić information content (AvgIpc) is 3.25. The molecule has 8 heteroatoms. The molecule has 2 heterocycles. The van der Waals surface area contributed by atoms with Crippen LogP contribution in [0.5, 0.6) is 17.2 Å². The molecule has 214 valence electrons. The summed E-state index contributed by atoms with van der Waals surface area (Å²) in [5.74, 6) is 1.44. The Hall–Kier alpha value is -4.33. The van der Waals surface area contributed by atoms with E-state index >= 15 is 0 Å². The highest BCUT2D eigenvalue weighted by Crippen LogP contribution is 2.48. The summed E-state index contributed by atoms with van der Waals surface area (Å²) >= 11 is 0. The van der Waals surface area contributed by atoms with E-state index in [1.54, 1.807) is 7.11 Å². The van der Waals surface area contributed by atoms with Crippen LogP contribution in [0.4, 0.5) is 5.69 Å². The third kappa shape index (κ3) is 5.78. The zero-order valence-electron chi connectivity index (χ0n) is 24.6. The maximum absolute atomic E-state index is 11.9. The first kappa shape index (κ1) is 28.2. The number of nitrogens with one attached hydrogen (secondary N) is 1. The Balaban J connectivity index is 1.66. The van der Waals surface area contributed by atoms with E-state index in [2.05, 4.69) is 39.1 Å². The van der Waals surface area contributed by atoms with Gasteiger partial charge in [-0.2, -0.15) is 0 Å². The van der Waals surface area contributed by atoms with Gasteiger partial charge >= 0.3 is 5.97 Å². The smallest absolute Gasteiger partial charge is 0.343 e. The second-order valence-corrected chi connectivity index (χ2v) is 11.7. The van der Waals surface area contributed by atoms with Crippen LogP contribution in [0.25, 0.3) is 11.1 Å². The number of carbonyl (C=O) groups excluding carboxylic acids is 2. The number of methoxy groups -OCH3 is 2. The number of esters is 1. The Labute approximate surface area is 240 Å². The van der Waals surface area contributed by atoms with E-state index in [-0.39, 0.29) is 23.7 Å². The number of rotatable bonds is 7. The minimum absolute atomic E-state index is 0.144. The molecule has 41 heavy (non-hydrogen) atoms. The molecule has 0 spiro atoms. The highest BCUT2D eigenvalue weighted by atomic mass is 16.6. The maximum atomic E-state index is 11.9. The number of carbonyl (C=O) groups is 2. The minimum Gasteiger partial charge on any atom is -0.493 e. The third-order valence-electron chi connectivity index (χ3n) is 7.24. The number of aliphatic imine (C=N–C) groups is 1. The summed E-state index contributed by atoms with van der Waals surface area (Å²) in [6.07, 6.45) is 1.51. The Morgan fingerprint density at radius 3 is 2.32 bits per heavy atom. The van der Waals surface area contributed by atoms with E-state index in [1.807, 2.05) is 42.5 Å². The summed E-state index contributed by atoms with van der Waals surface area (Å²) in [5, 5.41) is 2.80. The van der Waals surface area contributed by atoms with Crippen LogP contribution in [0.1, 0.15) is 56.9 Å². The topological polar surface area (TPSA) is 95.5 Å². The highest BCUT2D eigenvalue weighted by Gasteiger charge is 2.39. The van der Waals surface area contributed by atoms with Crippen LogP contribution in [0, 0.1) is 0 Å². The van der Waals surface area contributed by atoms with Crippen LogP contribution < -0.4 is 19.5 Å². The van der Waals surface area contributed by atoms with Crippen LogP contribution in [-0.4, -0.2) is 49.6 Å². The lowest BCUT2D eigenvalue weighted by Crippen LogP contribution is -2.30. The maximum Gasteiger partial charge on any atom is 0.343 e. The van der Waals surface area contributed by atoms with Crippen molar-refractivity contribution in [2.24, 2.45) is 4.99 Å². The number of anilines is 1. The predicted octanol–water partition coefficient (Wildman–Crippen LogP) is 5.76. The van der Waals surface area contributed by atoms with Crippen LogP contribution in [0.3, 0.4) is 0 Å². The first-order valence-corrected chi connectivity index (χ1v) is 13.6. The molecule has 3 aromatic rings. The third-order valence-corrected chi connectivity index (χ3v) is 7.24. The van der Waals surface area contributed by atoms with Crippen molar-refractivity contribution in [3.8, 4) is 28.4 Å². The molecule has 1 N–H and O–H groups in total. The fourth-order valence-corrected chi connectivity index (χ4v) is 5.59. The quantitative estimate of drug-likeness (QED) is 0.372. The molecule has 0 aromatic heterocycles. The van der Waals surface area contributed by atoms with E-state index in [1.165, 1.54) is 19.6 Å². The van der Waals surface area contributed by atoms with Gasteiger partial charge in [0, 0.05) is 41.3 Å². The Morgan fingerprint density at radius 1 is 0.951 bits per heavy atom.